The Labute approximate surface area is 216 Å². The molecule has 0 radical (unpaired) electrons. The highest BCUT2D eigenvalue weighted by molar-refractivity contribution is 5.51. The molecule has 2 aliphatic heterocycles. The number of hydrogen-bond donors (Lipinski definition) is 1. The average Bonchev–Trinajstić information content (AvgIpc) is 3.40. The first-order chi connectivity index (χ1) is 18.1. The monoisotopic (exact) mass is 533 g/mol. The molecular weight excluding hydrogens is 507 g/mol. The van der Waals surface area contributed by atoms with Gasteiger partial charge in [-0.3, -0.25) is 4.57 Å². The molecule has 1 atom stereocenters. The van der Waals surface area contributed by atoms with Crippen LogP contribution in [0.25, 0.3) is 0 Å². The third-order valence-corrected chi connectivity index (χ3v) is 6.46. The van der Waals surface area contributed by atoms with Crippen molar-refractivity contribution in [3.05, 3.63) is 64.8 Å². The number of fused-ring (bicyclic) bond motifs is 1. The van der Waals surface area contributed by atoms with Gasteiger partial charge in [0.25, 0.3) is 0 Å². The molecule has 3 heterocycles. The van der Waals surface area contributed by atoms with E-state index in [0.29, 0.717) is 12.3 Å². The van der Waals surface area contributed by atoms with Gasteiger partial charge in [-0.15, -0.1) is 13.2 Å². The van der Waals surface area contributed by atoms with Crippen LogP contribution in [-0.2, 0) is 6.54 Å². The molecule has 2 aromatic carbocycles. The number of piperidine rings is 1. The average molecular weight is 534 g/mol. The minimum absolute atomic E-state index is 0.212. The number of nitrogens with one attached hydrogen (secondary N) is 1. The molecule has 1 aromatic heterocycles. The summed E-state index contributed by atoms with van der Waals surface area (Å²) in [7, 11) is 0. The lowest BCUT2D eigenvalue weighted by Crippen LogP contribution is -2.39. The van der Waals surface area contributed by atoms with Gasteiger partial charge in [-0.1, -0.05) is 0 Å². The molecule has 0 saturated carbocycles. The topological polar surface area (TPSA) is 104 Å². The Hall–Kier alpha value is -4.16. The number of nitrogens with zero attached hydrogens (tertiary/aromatic N) is 4. The molecule has 5 rings (SSSR count). The Kier molecular flexibility index (Phi) is 6.67. The number of halogens is 3. The summed E-state index contributed by atoms with van der Waals surface area (Å²) in [6, 6.07) is 14.0. The fraction of sp³-hybridized carbons (Fsp3) is 0.400. The van der Waals surface area contributed by atoms with E-state index in [-0.39, 0.29) is 30.2 Å². The minimum Gasteiger partial charge on any atom is -0.489 e. The zero-order valence-corrected chi connectivity index (χ0v) is 20.5. The van der Waals surface area contributed by atoms with Crippen LogP contribution in [0.3, 0.4) is 0 Å². The van der Waals surface area contributed by atoms with E-state index in [1.165, 1.54) is 18.3 Å². The fourth-order valence-corrected chi connectivity index (χ4v) is 4.62. The van der Waals surface area contributed by atoms with Gasteiger partial charge in [-0.2, -0.15) is 0 Å². The summed E-state index contributed by atoms with van der Waals surface area (Å²) in [6.07, 6.45) is -1.59. The maximum absolute atomic E-state index is 12.3. The summed E-state index contributed by atoms with van der Waals surface area (Å²) < 4.78 is 54.2. The lowest BCUT2D eigenvalue weighted by Gasteiger charge is -2.34. The number of ether oxygens (including phenoxy) is 3. The molecule has 202 valence electrons. The molecular formula is C25H26F3N5O5. The van der Waals surface area contributed by atoms with Crippen molar-refractivity contribution < 1.29 is 32.3 Å². The third kappa shape index (κ3) is 6.03. The Morgan fingerprint density at radius 2 is 1.79 bits per heavy atom. The third-order valence-electron chi connectivity index (χ3n) is 6.46. The maximum Gasteiger partial charge on any atom is 0.573 e. The Morgan fingerprint density at radius 1 is 1.13 bits per heavy atom. The number of benzene rings is 2. The predicted molar refractivity (Wildman–Crippen MR) is 132 cm³/mol. The largest absolute Gasteiger partial charge is 0.573 e. The van der Waals surface area contributed by atoms with Crippen LogP contribution in [0.15, 0.2) is 54.7 Å². The van der Waals surface area contributed by atoms with Crippen molar-refractivity contribution in [1.82, 2.24) is 9.55 Å². The molecule has 0 amide bonds. The molecule has 0 aliphatic carbocycles. The van der Waals surface area contributed by atoms with Gasteiger partial charge in [0, 0.05) is 35.5 Å². The summed E-state index contributed by atoms with van der Waals surface area (Å²) >= 11 is 0. The van der Waals surface area contributed by atoms with E-state index >= 15 is 0 Å². The van der Waals surface area contributed by atoms with Crippen molar-refractivity contribution in [3.63, 3.8) is 0 Å². The molecule has 13 heteroatoms. The van der Waals surface area contributed by atoms with Crippen molar-refractivity contribution in [2.45, 2.75) is 44.3 Å². The van der Waals surface area contributed by atoms with Crippen LogP contribution in [0.5, 0.6) is 17.5 Å². The number of hydrogen-bond acceptors (Lipinski definition) is 8. The van der Waals surface area contributed by atoms with E-state index in [1.807, 2.05) is 31.2 Å². The second kappa shape index (κ2) is 9.95. The van der Waals surface area contributed by atoms with Crippen LogP contribution in [0, 0.1) is 10.1 Å². The molecule has 10 nitrogen and oxygen atoms in total. The van der Waals surface area contributed by atoms with Gasteiger partial charge in [0.05, 0.1) is 6.54 Å². The van der Waals surface area contributed by atoms with Crippen molar-refractivity contribution in [2.24, 2.45) is 0 Å². The first-order valence-corrected chi connectivity index (χ1v) is 12.1. The second-order valence-corrected chi connectivity index (χ2v) is 9.58. The summed E-state index contributed by atoms with van der Waals surface area (Å²) in [5.74, 6) is 0.198. The van der Waals surface area contributed by atoms with Gasteiger partial charge in [0.15, 0.2) is 5.60 Å². The van der Waals surface area contributed by atoms with Gasteiger partial charge in [0.1, 0.15) is 24.3 Å². The minimum atomic E-state index is -4.70. The van der Waals surface area contributed by atoms with E-state index in [9.17, 15) is 23.3 Å². The standard InChI is InChI=1S/C25H26F3N5O5/c1-24(15-32-14-22(33(34)35)30-23(32)38-24)16-36-20-8-4-19(5-9-20)31-12-10-18(11-13-31)29-17-2-6-21(7-3-17)37-25(26,27)28/h2-9,14,18,29H,10-13,15-16H2,1H3/t24-/m1/s1. The van der Waals surface area contributed by atoms with E-state index in [0.717, 1.165) is 37.3 Å². The van der Waals surface area contributed by atoms with Crippen molar-refractivity contribution in [3.8, 4) is 17.5 Å². The van der Waals surface area contributed by atoms with E-state index in [1.54, 1.807) is 16.7 Å². The summed E-state index contributed by atoms with van der Waals surface area (Å²) in [6.45, 7) is 4.18. The smallest absolute Gasteiger partial charge is 0.489 e. The molecule has 1 N–H and O–H groups in total. The van der Waals surface area contributed by atoms with Crippen LogP contribution >= 0.6 is 0 Å². The Balaban J connectivity index is 1.07. The number of imidazole rings is 1. The van der Waals surface area contributed by atoms with Crippen LogP contribution < -0.4 is 24.4 Å². The molecule has 0 spiro atoms. The molecule has 1 fully saturated rings. The molecule has 0 bridgehead atoms. The highest BCUT2D eigenvalue weighted by Gasteiger charge is 2.41. The highest BCUT2D eigenvalue weighted by atomic mass is 19.4. The number of anilines is 2. The number of nitro groups is 1. The SMILES string of the molecule is C[C@]1(COc2ccc(N3CCC(Nc4ccc(OC(F)(F)F)cc4)CC3)cc2)Cn2cc([N+](=O)[O-])nc2O1. The highest BCUT2D eigenvalue weighted by Crippen LogP contribution is 2.32. The zero-order valence-electron chi connectivity index (χ0n) is 20.5. The molecule has 1 saturated heterocycles. The van der Waals surface area contributed by atoms with E-state index < -0.39 is 16.9 Å². The maximum atomic E-state index is 12.3. The Bertz CT molecular complexity index is 1250. The number of aromatic nitrogens is 2. The van der Waals surface area contributed by atoms with Crippen LogP contribution in [0.1, 0.15) is 19.8 Å². The van der Waals surface area contributed by atoms with Gasteiger partial charge < -0.3 is 34.5 Å². The Morgan fingerprint density at radius 3 is 2.39 bits per heavy atom. The van der Waals surface area contributed by atoms with Gasteiger partial charge in [0.2, 0.25) is 0 Å². The quantitative estimate of drug-likeness (QED) is 0.319. The van der Waals surface area contributed by atoms with Gasteiger partial charge >= 0.3 is 18.2 Å². The van der Waals surface area contributed by atoms with E-state index in [2.05, 4.69) is 19.9 Å². The van der Waals surface area contributed by atoms with Crippen LogP contribution in [0.2, 0.25) is 0 Å². The van der Waals surface area contributed by atoms with Crippen molar-refractivity contribution in [1.29, 1.82) is 0 Å². The fourth-order valence-electron chi connectivity index (χ4n) is 4.62. The van der Waals surface area contributed by atoms with E-state index in [4.69, 9.17) is 9.47 Å². The first kappa shape index (κ1) is 25.5. The lowest BCUT2D eigenvalue weighted by molar-refractivity contribution is -0.389. The predicted octanol–water partition coefficient (Wildman–Crippen LogP) is 5.00. The zero-order chi connectivity index (χ0) is 26.9. The second-order valence-electron chi connectivity index (χ2n) is 9.58. The molecule has 0 unspecified atom stereocenters. The molecule has 38 heavy (non-hydrogen) atoms. The first-order valence-electron chi connectivity index (χ1n) is 12.1. The van der Waals surface area contributed by atoms with Crippen LogP contribution in [-0.4, -0.2) is 52.2 Å². The summed E-state index contributed by atoms with van der Waals surface area (Å²) in [5, 5.41) is 14.2. The summed E-state index contributed by atoms with van der Waals surface area (Å²) in [4.78, 5) is 16.5. The van der Waals surface area contributed by atoms with Gasteiger partial charge in [-0.25, -0.2) is 0 Å². The molecule has 2 aliphatic rings. The van der Waals surface area contributed by atoms with Crippen molar-refractivity contribution in [2.75, 3.05) is 29.9 Å². The molecule has 3 aromatic rings. The lowest BCUT2D eigenvalue weighted by atomic mass is 10.0. The number of alkyl halides is 3. The number of rotatable bonds is 8. The van der Waals surface area contributed by atoms with Crippen molar-refractivity contribution >= 4 is 17.2 Å². The summed E-state index contributed by atoms with van der Waals surface area (Å²) in [5.41, 5.74) is 1.14. The van der Waals surface area contributed by atoms with Gasteiger partial charge in [-0.05, 0) is 73.2 Å². The normalized spacial score (nSPS) is 19.5. The van der Waals surface area contributed by atoms with Crippen LogP contribution in [0.4, 0.5) is 30.4 Å².